The Morgan fingerprint density at radius 1 is 1.50 bits per heavy atom. The Labute approximate surface area is 113 Å². The lowest BCUT2D eigenvalue weighted by Crippen LogP contribution is -2.43. The van der Waals surface area contributed by atoms with Crippen molar-refractivity contribution in [1.82, 2.24) is 4.98 Å². The number of hydrogen-bond donors (Lipinski definition) is 1. The second-order valence-electron chi connectivity index (χ2n) is 4.44. The van der Waals surface area contributed by atoms with Crippen LogP contribution in [0.25, 0.3) is 0 Å². The zero-order valence-corrected chi connectivity index (χ0v) is 10.4. The third-order valence-electron chi connectivity index (χ3n) is 2.94. The topological polar surface area (TPSA) is 62.7 Å². The van der Waals surface area contributed by atoms with Crippen LogP contribution in [-0.2, 0) is 15.7 Å². The number of aromatic nitrogens is 1. The number of alkyl halides is 3. The van der Waals surface area contributed by atoms with Crippen molar-refractivity contribution < 1.29 is 27.8 Å². The van der Waals surface area contributed by atoms with E-state index in [0.717, 1.165) is 12.3 Å². The number of carbonyl (C=O) groups is 1. The van der Waals surface area contributed by atoms with E-state index in [1.165, 1.54) is 6.07 Å². The van der Waals surface area contributed by atoms with Gasteiger partial charge in [0.25, 0.3) is 0 Å². The fourth-order valence-corrected chi connectivity index (χ4v) is 1.99. The van der Waals surface area contributed by atoms with Gasteiger partial charge in [-0.3, -0.25) is 4.79 Å². The summed E-state index contributed by atoms with van der Waals surface area (Å²) in [5.74, 6) is -0.589. The van der Waals surface area contributed by atoms with Crippen LogP contribution < -0.4 is 4.90 Å². The number of halogens is 3. The first-order valence-corrected chi connectivity index (χ1v) is 5.98. The van der Waals surface area contributed by atoms with Crippen molar-refractivity contribution in [2.75, 3.05) is 24.6 Å². The van der Waals surface area contributed by atoms with Gasteiger partial charge in [-0.2, -0.15) is 13.2 Å². The molecule has 2 heterocycles. The van der Waals surface area contributed by atoms with Crippen LogP contribution in [0.15, 0.2) is 18.3 Å². The Morgan fingerprint density at radius 3 is 2.80 bits per heavy atom. The van der Waals surface area contributed by atoms with Gasteiger partial charge in [-0.15, -0.1) is 0 Å². The van der Waals surface area contributed by atoms with Gasteiger partial charge in [0.15, 0.2) is 0 Å². The van der Waals surface area contributed by atoms with E-state index in [2.05, 4.69) is 4.98 Å². The van der Waals surface area contributed by atoms with Crippen LogP contribution in [-0.4, -0.2) is 41.9 Å². The van der Waals surface area contributed by atoms with E-state index in [1.807, 2.05) is 0 Å². The molecule has 2 rings (SSSR count). The largest absolute Gasteiger partial charge is 0.481 e. The van der Waals surface area contributed by atoms with E-state index in [9.17, 15) is 18.0 Å². The summed E-state index contributed by atoms with van der Waals surface area (Å²) >= 11 is 0. The minimum absolute atomic E-state index is 0.142. The number of ether oxygens (including phenoxy) is 1. The maximum atomic E-state index is 12.4. The van der Waals surface area contributed by atoms with Crippen molar-refractivity contribution in [2.45, 2.75) is 18.7 Å². The van der Waals surface area contributed by atoms with Crippen LogP contribution in [0.4, 0.5) is 19.0 Å². The average Bonchev–Trinajstić information content (AvgIpc) is 2.37. The number of pyridine rings is 1. The normalized spacial score (nSPS) is 19.9. The molecule has 1 aromatic rings. The SMILES string of the molecule is O=C(O)CC1CN(c2ccc(C(F)(F)F)cn2)CCO1. The third kappa shape index (κ3) is 3.60. The number of anilines is 1. The predicted molar refractivity (Wildman–Crippen MR) is 63.4 cm³/mol. The van der Waals surface area contributed by atoms with Crippen LogP contribution in [0.3, 0.4) is 0 Å². The molecule has 0 amide bonds. The quantitative estimate of drug-likeness (QED) is 0.919. The van der Waals surface area contributed by atoms with Gasteiger partial charge in [-0.05, 0) is 12.1 Å². The standard InChI is InChI=1S/C12H13F3N2O3/c13-12(14,15)8-1-2-10(16-6-8)17-3-4-20-9(7-17)5-11(18)19/h1-2,6,9H,3-5,7H2,(H,18,19). The number of carboxylic acids is 1. The van der Waals surface area contributed by atoms with Gasteiger partial charge in [0, 0.05) is 19.3 Å². The summed E-state index contributed by atoms with van der Waals surface area (Å²) in [4.78, 5) is 16.1. The minimum atomic E-state index is -4.41. The highest BCUT2D eigenvalue weighted by atomic mass is 19.4. The van der Waals surface area contributed by atoms with Crippen LogP contribution in [0, 0.1) is 0 Å². The van der Waals surface area contributed by atoms with Crippen LogP contribution >= 0.6 is 0 Å². The summed E-state index contributed by atoms with van der Waals surface area (Å²) in [7, 11) is 0. The first kappa shape index (κ1) is 14.6. The number of carboxylic acid groups (broad SMARTS) is 1. The number of hydrogen-bond acceptors (Lipinski definition) is 4. The van der Waals surface area contributed by atoms with Gasteiger partial charge in [0.1, 0.15) is 5.82 Å². The summed E-state index contributed by atoms with van der Waals surface area (Å²) in [6.45, 7) is 1.08. The van der Waals surface area contributed by atoms with E-state index in [4.69, 9.17) is 9.84 Å². The molecule has 0 aliphatic carbocycles. The highest BCUT2D eigenvalue weighted by Crippen LogP contribution is 2.29. The number of rotatable bonds is 3. The predicted octanol–water partition coefficient (Wildman–Crippen LogP) is 1.78. The van der Waals surface area contributed by atoms with Crippen molar-refractivity contribution in [3.8, 4) is 0 Å². The maximum absolute atomic E-state index is 12.4. The zero-order chi connectivity index (χ0) is 14.8. The lowest BCUT2D eigenvalue weighted by molar-refractivity contribution is -0.140. The zero-order valence-electron chi connectivity index (χ0n) is 10.4. The van der Waals surface area contributed by atoms with Gasteiger partial charge in [0.2, 0.25) is 0 Å². The lowest BCUT2D eigenvalue weighted by atomic mass is 10.2. The highest BCUT2D eigenvalue weighted by molar-refractivity contribution is 5.67. The molecule has 0 saturated carbocycles. The molecule has 1 aromatic heterocycles. The van der Waals surface area contributed by atoms with Crippen molar-refractivity contribution in [1.29, 1.82) is 0 Å². The number of nitrogens with zero attached hydrogens (tertiary/aromatic N) is 2. The first-order valence-electron chi connectivity index (χ1n) is 5.98. The molecular weight excluding hydrogens is 277 g/mol. The van der Waals surface area contributed by atoms with Crippen molar-refractivity contribution in [3.63, 3.8) is 0 Å². The summed E-state index contributed by atoms with van der Waals surface area (Å²) < 4.78 is 42.6. The van der Waals surface area contributed by atoms with Gasteiger partial charge in [0.05, 0.1) is 24.7 Å². The second kappa shape index (κ2) is 5.66. The Balaban J connectivity index is 2.05. The van der Waals surface area contributed by atoms with Crippen molar-refractivity contribution in [2.24, 2.45) is 0 Å². The fourth-order valence-electron chi connectivity index (χ4n) is 1.99. The Bertz CT molecular complexity index is 476. The number of aliphatic carboxylic acids is 1. The molecule has 1 atom stereocenters. The molecule has 110 valence electrons. The van der Waals surface area contributed by atoms with Gasteiger partial charge in [-0.25, -0.2) is 4.98 Å². The molecular formula is C12H13F3N2O3. The molecule has 1 aliphatic rings. The summed E-state index contributed by atoms with van der Waals surface area (Å²) in [6, 6.07) is 2.25. The van der Waals surface area contributed by atoms with Crippen molar-refractivity contribution in [3.05, 3.63) is 23.9 Å². The van der Waals surface area contributed by atoms with Crippen LogP contribution in [0.2, 0.25) is 0 Å². The van der Waals surface area contributed by atoms with E-state index in [0.29, 0.717) is 25.5 Å². The van der Waals surface area contributed by atoms with Gasteiger partial charge in [-0.1, -0.05) is 0 Å². The Kier molecular flexibility index (Phi) is 4.12. The smallest absolute Gasteiger partial charge is 0.417 e. The van der Waals surface area contributed by atoms with E-state index in [-0.39, 0.29) is 6.42 Å². The monoisotopic (exact) mass is 290 g/mol. The molecule has 1 N–H and O–H groups in total. The molecule has 1 fully saturated rings. The van der Waals surface area contributed by atoms with E-state index >= 15 is 0 Å². The van der Waals surface area contributed by atoms with Crippen LogP contribution in [0.5, 0.6) is 0 Å². The average molecular weight is 290 g/mol. The lowest BCUT2D eigenvalue weighted by Gasteiger charge is -2.33. The molecule has 0 bridgehead atoms. The molecule has 0 spiro atoms. The molecule has 0 radical (unpaired) electrons. The first-order chi connectivity index (χ1) is 9.36. The Morgan fingerprint density at radius 2 is 2.25 bits per heavy atom. The molecule has 20 heavy (non-hydrogen) atoms. The number of morpholine rings is 1. The molecule has 0 aromatic carbocycles. The highest BCUT2D eigenvalue weighted by Gasteiger charge is 2.31. The summed E-state index contributed by atoms with van der Waals surface area (Å²) in [6.07, 6.45) is -4.26. The molecule has 1 unspecified atom stereocenters. The van der Waals surface area contributed by atoms with Gasteiger partial charge >= 0.3 is 12.1 Å². The summed E-state index contributed by atoms with van der Waals surface area (Å²) in [5, 5.41) is 8.71. The molecule has 8 heteroatoms. The molecule has 1 aliphatic heterocycles. The Hall–Kier alpha value is -1.83. The summed E-state index contributed by atoms with van der Waals surface area (Å²) in [5.41, 5.74) is -0.809. The third-order valence-corrected chi connectivity index (χ3v) is 2.94. The minimum Gasteiger partial charge on any atom is -0.481 e. The van der Waals surface area contributed by atoms with E-state index < -0.39 is 23.8 Å². The van der Waals surface area contributed by atoms with Crippen LogP contribution in [0.1, 0.15) is 12.0 Å². The van der Waals surface area contributed by atoms with E-state index in [1.54, 1.807) is 4.90 Å². The molecule has 5 nitrogen and oxygen atoms in total. The molecule has 1 saturated heterocycles. The van der Waals surface area contributed by atoms with Gasteiger partial charge < -0.3 is 14.7 Å². The second-order valence-corrected chi connectivity index (χ2v) is 4.44. The maximum Gasteiger partial charge on any atom is 0.417 e. The van der Waals surface area contributed by atoms with Crippen molar-refractivity contribution >= 4 is 11.8 Å². The fraction of sp³-hybridized carbons (Fsp3) is 0.500.